The zero-order chi connectivity index (χ0) is 17.6. The summed E-state index contributed by atoms with van der Waals surface area (Å²) in [5.74, 6) is 3.19. The number of rotatable bonds is 9. The number of thioether (sulfide) groups is 1. The van der Waals surface area contributed by atoms with Gasteiger partial charge < -0.3 is 14.5 Å². The molecule has 2 aromatic rings. The molecule has 3 N–H and O–H groups in total. The van der Waals surface area contributed by atoms with Gasteiger partial charge in [-0.05, 0) is 42.0 Å². The third-order valence-corrected chi connectivity index (χ3v) is 6.35. The van der Waals surface area contributed by atoms with Crippen LogP contribution in [0.2, 0.25) is 0 Å². The fraction of sp³-hybridized carbons (Fsp3) is 0.250. The molecule has 2 atom stereocenters. The van der Waals surface area contributed by atoms with E-state index in [2.05, 4.69) is 5.25 Å². The van der Waals surface area contributed by atoms with Crippen LogP contribution in [0.3, 0.4) is 0 Å². The van der Waals surface area contributed by atoms with E-state index < -0.39 is 19.3 Å². The largest absolute Gasteiger partial charge is 0.457 e. The van der Waals surface area contributed by atoms with Crippen molar-refractivity contribution in [2.24, 2.45) is 0 Å². The normalized spacial score (nSPS) is 17.5. The van der Waals surface area contributed by atoms with Crippen LogP contribution in [0.15, 0.2) is 53.4 Å². The third kappa shape index (κ3) is 6.34. The number of hydrogen-bond donors (Lipinski definition) is 3. The van der Waals surface area contributed by atoms with Crippen molar-refractivity contribution in [2.45, 2.75) is 16.8 Å². The first-order valence-corrected chi connectivity index (χ1v) is 11.1. The topological polar surface area (TPSA) is 88.0 Å². The van der Waals surface area contributed by atoms with E-state index in [1.54, 1.807) is 12.1 Å². The third-order valence-electron chi connectivity index (χ3n) is 3.37. The maximum atomic E-state index is 12.1. The van der Waals surface area contributed by atoms with Crippen molar-refractivity contribution in [3.63, 3.8) is 0 Å². The van der Waals surface area contributed by atoms with E-state index in [9.17, 15) is 4.21 Å². The quantitative estimate of drug-likeness (QED) is 0.339. The van der Waals surface area contributed by atoms with Gasteiger partial charge in [0, 0.05) is 21.7 Å². The van der Waals surface area contributed by atoms with Gasteiger partial charge >= 0.3 is 0 Å². The molecule has 1 heterocycles. The van der Waals surface area contributed by atoms with Crippen LogP contribution >= 0.6 is 20.3 Å². The molecule has 1 saturated heterocycles. The highest BCUT2D eigenvalue weighted by Crippen LogP contribution is 2.32. The van der Waals surface area contributed by atoms with E-state index in [1.165, 1.54) is 0 Å². The molecule has 2 aromatic carbocycles. The molecule has 0 saturated carbocycles. The first kappa shape index (κ1) is 18.8. The Morgan fingerprint density at radius 2 is 1.72 bits per heavy atom. The van der Waals surface area contributed by atoms with Crippen LogP contribution in [0, 0.1) is 0 Å². The Labute approximate surface area is 153 Å². The van der Waals surface area contributed by atoms with Gasteiger partial charge in [0.25, 0.3) is 8.53 Å². The van der Waals surface area contributed by atoms with Crippen molar-refractivity contribution in [2.75, 3.05) is 11.5 Å². The van der Waals surface area contributed by atoms with Crippen molar-refractivity contribution in [3.8, 4) is 11.5 Å². The van der Waals surface area contributed by atoms with Crippen molar-refractivity contribution in [3.05, 3.63) is 54.1 Å². The van der Waals surface area contributed by atoms with Crippen molar-refractivity contribution in [1.82, 2.24) is 5.25 Å². The van der Waals surface area contributed by atoms with E-state index in [0.29, 0.717) is 16.7 Å². The first-order valence-electron chi connectivity index (χ1n) is 7.52. The summed E-state index contributed by atoms with van der Waals surface area (Å²) in [5, 5.41) is 2.65. The Hall–Kier alpha value is -0.990. The molecule has 6 nitrogen and oxygen atoms in total. The summed E-state index contributed by atoms with van der Waals surface area (Å²) in [7, 11) is -3.21. The molecule has 0 radical (unpaired) electrons. The predicted octanol–water partition coefficient (Wildman–Crippen LogP) is 2.93. The minimum Gasteiger partial charge on any atom is -0.457 e. The first-order chi connectivity index (χ1) is 12.1. The van der Waals surface area contributed by atoms with E-state index in [4.69, 9.17) is 19.4 Å². The molecule has 9 heteroatoms. The smallest absolute Gasteiger partial charge is 0.275 e. The highest BCUT2D eigenvalue weighted by Gasteiger charge is 2.25. The fourth-order valence-corrected chi connectivity index (χ4v) is 4.48. The summed E-state index contributed by atoms with van der Waals surface area (Å²) in [6.45, 7) is 0.208. The zero-order valence-corrected chi connectivity index (χ0v) is 15.7. The van der Waals surface area contributed by atoms with Crippen LogP contribution in [-0.2, 0) is 22.2 Å². The molecule has 25 heavy (non-hydrogen) atoms. The van der Waals surface area contributed by atoms with Gasteiger partial charge in [0.2, 0.25) is 0 Å². The second-order valence-corrected chi connectivity index (χ2v) is 8.94. The lowest BCUT2D eigenvalue weighted by Gasteiger charge is -2.09. The second-order valence-electron chi connectivity index (χ2n) is 5.35. The average Bonchev–Trinajstić information content (AvgIpc) is 3.41. The monoisotopic (exact) mass is 399 g/mol. The Morgan fingerprint density at radius 3 is 2.28 bits per heavy atom. The molecule has 0 amide bonds. The summed E-state index contributed by atoms with van der Waals surface area (Å²) < 4.78 is 17.9. The highest BCUT2D eigenvalue weighted by molar-refractivity contribution is 8.07. The van der Waals surface area contributed by atoms with E-state index >= 15 is 0 Å². The van der Waals surface area contributed by atoms with E-state index in [1.807, 2.05) is 48.2 Å². The summed E-state index contributed by atoms with van der Waals surface area (Å²) in [5.41, 5.74) is 0.861. The van der Waals surface area contributed by atoms with Crippen LogP contribution in [0.4, 0.5) is 0 Å². The minimum atomic E-state index is -2.27. The van der Waals surface area contributed by atoms with Gasteiger partial charge in [0.1, 0.15) is 11.5 Å². The summed E-state index contributed by atoms with van der Waals surface area (Å²) in [4.78, 5) is 23.1. The predicted molar refractivity (Wildman–Crippen MR) is 99.8 cm³/mol. The number of ether oxygens (including phenoxy) is 1. The molecule has 0 aliphatic carbocycles. The Morgan fingerprint density at radius 1 is 1.12 bits per heavy atom. The summed E-state index contributed by atoms with van der Waals surface area (Å²) in [6.07, 6.45) is 0. The van der Waals surface area contributed by atoms with Crippen LogP contribution in [0.1, 0.15) is 5.56 Å². The molecule has 2 unspecified atom stereocenters. The van der Waals surface area contributed by atoms with E-state index in [0.717, 1.165) is 22.0 Å². The standard InChI is InChI=1S/C16H18NO5PS2/c18-23(19)17-21-9-12-1-3-13(4-2-12)22-14-5-7-16(8-6-14)25(20)11-15-10-24-15/h1-8,15,17-19H,9-11H2. The summed E-state index contributed by atoms with van der Waals surface area (Å²) >= 11 is 1.85. The van der Waals surface area contributed by atoms with Crippen molar-refractivity contribution >= 4 is 31.1 Å². The van der Waals surface area contributed by atoms with Gasteiger partial charge in [0.05, 0.1) is 17.4 Å². The Balaban J connectivity index is 1.52. The SMILES string of the molecule is O=S(CC1CS1)c1ccc(Oc2ccc(CONP(O)O)cc2)cc1. The summed E-state index contributed by atoms with van der Waals surface area (Å²) in [6, 6.07) is 14.6. The van der Waals surface area contributed by atoms with Gasteiger partial charge in [0.15, 0.2) is 0 Å². The molecule has 134 valence electrons. The molecule has 1 fully saturated rings. The maximum Gasteiger partial charge on any atom is 0.275 e. The molecule has 3 rings (SSSR count). The minimum absolute atomic E-state index is 0.208. The fourth-order valence-electron chi connectivity index (χ4n) is 2.05. The zero-order valence-electron chi connectivity index (χ0n) is 13.2. The van der Waals surface area contributed by atoms with E-state index in [-0.39, 0.29) is 6.61 Å². The van der Waals surface area contributed by atoms with Crippen LogP contribution in [-0.4, -0.2) is 30.8 Å². The molecule has 1 aliphatic heterocycles. The Bertz CT molecular complexity index is 707. The van der Waals surface area contributed by atoms with Gasteiger partial charge in [-0.3, -0.25) is 9.05 Å². The molecular formula is C16H18NO5PS2. The van der Waals surface area contributed by atoms with Crippen molar-refractivity contribution < 1.29 is 23.6 Å². The van der Waals surface area contributed by atoms with Crippen LogP contribution < -0.4 is 9.99 Å². The average molecular weight is 399 g/mol. The van der Waals surface area contributed by atoms with Gasteiger partial charge in [-0.15, -0.1) is 5.25 Å². The molecule has 0 bridgehead atoms. The van der Waals surface area contributed by atoms with Crippen molar-refractivity contribution in [1.29, 1.82) is 0 Å². The van der Waals surface area contributed by atoms with Gasteiger partial charge in [-0.1, -0.05) is 12.1 Å². The number of benzene rings is 2. The molecule has 0 aromatic heterocycles. The van der Waals surface area contributed by atoms with Crippen LogP contribution in [0.5, 0.6) is 11.5 Å². The lowest BCUT2D eigenvalue weighted by Crippen LogP contribution is -2.07. The molecule has 1 aliphatic rings. The highest BCUT2D eigenvalue weighted by atomic mass is 32.2. The second kappa shape index (κ2) is 9.09. The maximum absolute atomic E-state index is 12.1. The number of nitrogens with one attached hydrogen (secondary N) is 1. The molecular weight excluding hydrogens is 381 g/mol. The Kier molecular flexibility index (Phi) is 6.84. The lowest BCUT2D eigenvalue weighted by atomic mass is 10.2. The van der Waals surface area contributed by atoms with Gasteiger partial charge in [-0.2, -0.15) is 11.8 Å². The van der Waals surface area contributed by atoms with Crippen LogP contribution in [0.25, 0.3) is 0 Å². The lowest BCUT2D eigenvalue weighted by molar-refractivity contribution is 0.0699. The van der Waals surface area contributed by atoms with Gasteiger partial charge in [-0.25, -0.2) is 0 Å². The number of hydrogen-bond acceptors (Lipinski definition) is 7. The molecule has 0 spiro atoms.